The number of carbonyl (C=O) groups excluding carboxylic acids is 1. The standard InChI is InChI=1S/C21H20ClNO4/c1-2-26-21(25)16-11-15-18(24)14-10-13(12-6-4-3-5-7-12)8-9-17(14)27-20(15)23-19(16)22/h8-12H,2-7H2,1H3. The third-order valence-electron chi connectivity index (χ3n) is 5.21. The number of nitrogens with zero attached hydrogens (tertiary/aromatic N) is 1. The van der Waals surface area contributed by atoms with Gasteiger partial charge in [-0.2, -0.15) is 4.98 Å². The van der Waals surface area contributed by atoms with Crippen LogP contribution in [0.15, 0.2) is 33.5 Å². The van der Waals surface area contributed by atoms with Crippen LogP contribution in [0.5, 0.6) is 0 Å². The third-order valence-corrected chi connectivity index (χ3v) is 5.50. The molecule has 2 aromatic heterocycles. The van der Waals surface area contributed by atoms with Gasteiger partial charge in [0.1, 0.15) is 10.7 Å². The van der Waals surface area contributed by atoms with Crippen molar-refractivity contribution in [2.45, 2.75) is 44.9 Å². The van der Waals surface area contributed by atoms with Crippen molar-refractivity contribution >= 4 is 39.6 Å². The molecular weight excluding hydrogens is 366 g/mol. The van der Waals surface area contributed by atoms with E-state index in [4.69, 9.17) is 20.8 Å². The first-order valence-electron chi connectivity index (χ1n) is 9.32. The van der Waals surface area contributed by atoms with Crippen LogP contribution in [-0.4, -0.2) is 17.6 Å². The number of ether oxygens (including phenoxy) is 1. The van der Waals surface area contributed by atoms with E-state index in [0.717, 1.165) is 12.8 Å². The molecule has 0 N–H and O–H groups in total. The van der Waals surface area contributed by atoms with Crippen LogP contribution < -0.4 is 5.43 Å². The summed E-state index contributed by atoms with van der Waals surface area (Å²) in [7, 11) is 0. The highest BCUT2D eigenvalue weighted by Crippen LogP contribution is 2.34. The Morgan fingerprint density at radius 1 is 1.22 bits per heavy atom. The lowest BCUT2D eigenvalue weighted by Gasteiger charge is -2.22. The van der Waals surface area contributed by atoms with E-state index in [1.165, 1.54) is 30.9 Å². The number of benzene rings is 1. The second kappa shape index (κ2) is 7.31. The van der Waals surface area contributed by atoms with E-state index in [2.05, 4.69) is 4.98 Å². The molecule has 0 unspecified atom stereocenters. The quantitative estimate of drug-likeness (QED) is 0.351. The molecule has 2 heterocycles. The summed E-state index contributed by atoms with van der Waals surface area (Å²) in [6.07, 6.45) is 6.02. The molecule has 1 aliphatic carbocycles. The van der Waals surface area contributed by atoms with Gasteiger partial charge >= 0.3 is 5.97 Å². The molecule has 0 atom stereocenters. The summed E-state index contributed by atoms with van der Waals surface area (Å²) in [5.74, 6) is -0.121. The van der Waals surface area contributed by atoms with Crippen molar-refractivity contribution in [1.29, 1.82) is 0 Å². The fourth-order valence-corrected chi connectivity index (χ4v) is 4.03. The molecule has 0 radical (unpaired) electrons. The zero-order valence-corrected chi connectivity index (χ0v) is 15.8. The predicted molar refractivity (Wildman–Crippen MR) is 105 cm³/mol. The van der Waals surface area contributed by atoms with Gasteiger partial charge in [-0.1, -0.05) is 36.9 Å². The van der Waals surface area contributed by atoms with Crippen molar-refractivity contribution in [3.8, 4) is 0 Å². The van der Waals surface area contributed by atoms with Gasteiger partial charge in [0.15, 0.2) is 0 Å². The topological polar surface area (TPSA) is 69.4 Å². The lowest BCUT2D eigenvalue weighted by atomic mass is 9.84. The monoisotopic (exact) mass is 385 g/mol. The molecule has 0 bridgehead atoms. The molecule has 1 fully saturated rings. The number of carbonyl (C=O) groups is 1. The summed E-state index contributed by atoms with van der Waals surface area (Å²) in [5.41, 5.74) is 1.62. The molecular formula is C21H20ClNO4. The van der Waals surface area contributed by atoms with E-state index >= 15 is 0 Å². The number of hydrogen-bond acceptors (Lipinski definition) is 5. The zero-order valence-electron chi connectivity index (χ0n) is 15.1. The van der Waals surface area contributed by atoms with Gasteiger partial charge < -0.3 is 9.15 Å². The second-order valence-corrected chi connectivity index (χ2v) is 7.28. The Kier molecular flexibility index (Phi) is 4.87. The van der Waals surface area contributed by atoms with Crippen molar-refractivity contribution < 1.29 is 13.9 Å². The Hall–Kier alpha value is -2.40. The lowest BCUT2D eigenvalue weighted by molar-refractivity contribution is 0.0526. The second-order valence-electron chi connectivity index (χ2n) is 6.92. The molecule has 0 saturated heterocycles. The Balaban J connectivity index is 1.88. The largest absolute Gasteiger partial charge is 0.462 e. The summed E-state index contributed by atoms with van der Waals surface area (Å²) in [6, 6.07) is 7.20. The average Bonchev–Trinajstić information content (AvgIpc) is 2.68. The maximum Gasteiger partial charge on any atom is 0.341 e. The number of hydrogen-bond donors (Lipinski definition) is 0. The van der Waals surface area contributed by atoms with E-state index < -0.39 is 5.97 Å². The molecule has 4 rings (SSSR count). The van der Waals surface area contributed by atoms with Crippen LogP contribution in [0.2, 0.25) is 5.15 Å². The maximum absolute atomic E-state index is 13.1. The number of rotatable bonds is 3. The van der Waals surface area contributed by atoms with Crippen LogP contribution >= 0.6 is 11.6 Å². The molecule has 0 amide bonds. The highest BCUT2D eigenvalue weighted by molar-refractivity contribution is 6.32. The van der Waals surface area contributed by atoms with Crippen LogP contribution in [0, 0.1) is 0 Å². The van der Waals surface area contributed by atoms with Crippen LogP contribution in [0.1, 0.15) is 60.9 Å². The van der Waals surface area contributed by atoms with E-state index in [1.54, 1.807) is 6.92 Å². The van der Waals surface area contributed by atoms with E-state index in [0.29, 0.717) is 16.9 Å². The summed E-state index contributed by atoms with van der Waals surface area (Å²) in [6.45, 7) is 1.92. The smallest absolute Gasteiger partial charge is 0.341 e. The van der Waals surface area contributed by atoms with Crippen LogP contribution in [0.25, 0.3) is 22.1 Å². The van der Waals surface area contributed by atoms with Gasteiger partial charge in [0.05, 0.1) is 22.9 Å². The van der Waals surface area contributed by atoms with Crippen LogP contribution in [-0.2, 0) is 4.74 Å². The molecule has 27 heavy (non-hydrogen) atoms. The lowest BCUT2D eigenvalue weighted by Crippen LogP contribution is -2.10. The fraction of sp³-hybridized carbons (Fsp3) is 0.381. The van der Waals surface area contributed by atoms with Gasteiger partial charge in [0.2, 0.25) is 11.1 Å². The number of fused-ring (bicyclic) bond motifs is 2. The summed E-state index contributed by atoms with van der Waals surface area (Å²) >= 11 is 6.09. The molecule has 1 aromatic carbocycles. The minimum atomic E-state index is -0.604. The van der Waals surface area contributed by atoms with E-state index in [9.17, 15) is 9.59 Å². The molecule has 1 saturated carbocycles. The summed E-state index contributed by atoms with van der Waals surface area (Å²) in [4.78, 5) is 29.2. The average molecular weight is 386 g/mol. The minimum Gasteiger partial charge on any atom is -0.462 e. The van der Waals surface area contributed by atoms with Gasteiger partial charge in [-0.15, -0.1) is 0 Å². The first kappa shape index (κ1) is 18.0. The molecule has 140 valence electrons. The summed E-state index contributed by atoms with van der Waals surface area (Å²) in [5, 5.41) is 0.697. The summed E-state index contributed by atoms with van der Waals surface area (Å²) < 4.78 is 10.8. The maximum atomic E-state index is 13.1. The minimum absolute atomic E-state index is 0.0396. The van der Waals surface area contributed by atoms with Crippen LogP contribution in [0.3, 0.4) is 0 Å². The van der Waals surface area contributed by atoms with E-state index in [1.807, 2.05) is 18.2 Å². The number of aromatic nitrogens is 1. The van der Waals surface area contributed by atoms with Crippen molar-refractivity contribution in [3.63, 3.8) is 0 Å². The first-order valence-corrected chi connectivity index (χ1v) is 9.70. The van der Waals surface area contributed by atoms with Crippen LogP contribution in [0.4, 0.5) is 0 Å². The highest BCUT2D eigenvalue weighted by Gasteiger charge is 2.20. The van der Waals surface area contributed by atoms with E-state index in [-0.39, 0.29) is 33.9 Å². The Morgan fingerprint density at radius 3 is 2.74 bits per heavy atom. The predicted octanol–water partition coefficient (Wildman–Crippen LogP) is 5.22. The van der Waals surface area contributed by atoms with Gasteiger partial charge in [-0.3, -0.25) is 4.79 Å². The Bertz CT molecular complexity index is 1080. The van der Waals surface area contributed by atoms with Crippen molar-refractivity contribution in [3.05, 3.63) is 50.8 Å². The molecule has 6 heteroatoms. The zero-order chi connectivity index (χ0) is 19.0. The number of pyridine rings is 1. The van der Waals surface area contributed by atoms with Crippen molar-refractivity contribution in [1.82, 2.24) is 4.98 Å². The third kappa shape index (κ3) is 3.32. The van der Waals surface area contributed by atoms with Gasteiger partial charge in [0.25, 0.3) is 0 Å². The molecule has 0 spiro atoms. The normalized spacial score (nSPS) is 15.3. The number of halogens is 1. The van der Waals surface area contributed by atoms with Crippen molar-refractivity contribution in [2.75, 3.05) is 6.61 Å². The Labute approximate surface area is 161 Å². The SMILES string of the molecule is CCOC(=O)c1cc2c(=O)c3cc(C4CCCCC4)ccc3oc2nc1Cl. The molecule has 1 aliphatic rings. The molecule has 3 aromatic rings. The van der Waals surface area contributed by atoms with Crippen molar-refractivity contribution in [2.24, 2.45) is 0 Å². The molecule has 0 aliphatic heterocycles. The van der Waals surface area contributed by atoms with Gasteiger partial charge in [-0.05, 0) is 49.4 Å². The van der Waals surface area contributed by atoms with Gasteiger partial charge in [-0.25, -0.2) is 4.79 Å². The number of esters is 1. The molecule has 5 nitrogen and oxygen atoms in total. The first-order chi connectivity index (χ1) is 13.1. The Morgan fingerprint density at radius 2 is 2.00 bits per heavy atom. The highest BCUT2D eigenvalue weighted by atomic mass is 35.5. The van der Waals surface area contributed by atoms with Gasteiger partial charge in [0, 0.05) is 0 Å². The fourth-order valence-electron chi connectivity index (χ4n) is 3.82.